The summed E-state index contributed by atoms with van der Waals surface area (Å²) < 4.78 is 0. The number of hydrogen-bond donors (Lipinski definition) is 1. The summed E-state index contributed by atoms with van der Waals surface area (Å²) in [6, 6.07) is 14.3. The first-order valence-corrected chi connectivity index (χ1v) is 11.5. The second kappa shape index (κ2) is 12.1. The first-order valence-electron chi connectivity index (χ1n) is 9.55. The van der Waals surface area contributed by atoms with Gasteiger partial charge in [0.25, 0.3) is 0 Å². The predicted octanol–water partition coefficient (Wildman–Crippen LogP) is 5.17. The molecule has 7 heteroatoms. The summed E-state index contributed by atoms with van der Waals surface area (Å²) in [4.78, 5) is 27.1. The van der Waals surface area contributed by atoms with Crippen LogP contribution in [-0.4, -0.2) is 35.1 Å². The first kappa shape index (κ1) is 23.6. The maximum absolute atomic E-state index is 13.0. The molecule has 0 saturated carbocycles. The van der Waals surface area contributed by atoms with Crippen molar-refractivity contribution in [1.82, 2.24) is 10.2 Å². The molecule has 0 heterocycles. The third-order valence-corrected chi connectivity index (χ3v) is 6.01. The van der Waals surface area contributed by atoms with Gasteiger partial charge >= 0.3 is 0 Å². The number of nitrogens with zero attached hydrogens (tertiary/aromatic N) is 1. The third-order valence-electron chi connectivity index (χ3n) is 4.42. The standard InChI is InChI=1S/C22H26Cl2N2O2S/c1-3-12-25-22(28)16(2)26(13-17-8-10-19(23)11-9-17)21(27)15-29-14-18-6-4-5-7-20(18)24/h4-11,16H,3,12-15H2,1-2H3,(H,25,28)/t16-/m0/s1. The van der Waals surface area contributed by atoms with Crippen molar-refractivity contribution >= 4 is 46.8 Å². The Morgan fingerprint density at radius 3 is 2.45 bits per heavy atom. The Labute approximate surface area is 187 Å². The van der Waals surface area contributed by atoms with Gasteiger partial charge in [-0.25, -0.2) is 0 Å². The molecule has 0 radical (unpaired) electrons. The van der Waals surface area contributed by atoms with E-state index in [0.717, 1.165) is 17.5 Å². The minimum absolute atomic E-state index is 0.0869. The van der Waals surface area contributed by atoms with E-state index < -0.39 is 6.04 Å². The highest BCUT2D eigenvalue weighted by molar-refractivity contribution is 7.99. The molecule has 2 aromatic carbocycles. The lowest BCUT2D eigenvalue weighted by molar-refractivity contribution is -0.138. The summed E-state index contributed by atoms with van der Waals surface area (Å²) in [6.07, 6.45) is 0.845. The summed E-state index contributed by atoms with van der Waals surface area (Å²) in [5.74, 6) is 0.669. The van der Waals surface area contributed by atoms with Gasteiger partial charge in [0.15, 0.2) is 0 Å². The molecule has 0 unspecified atom stereocenters. The fourth-order valence-electron chi connectivity index (χ4n) is 2.71. The number of rotatable bonds is 10. The zero-order valence-corrected chi connectivity index (χ0v) is 19.0. The third kappa shape index (κ3) is 7.57. The fourth-order valence-corrected chi connectivity index (χ4v) is 4.03. The SMILES string of the molecule is CCCNC(=O)[C@H](C)N(Cc1ccc(Cl)cc1)C(=O)CSCc1ccccc1Cl. The number of hydrogen-bond acceptors (Lipinski definition) is 3. The Hall–Kier alpha value is -1.69. The van der Waals surface area contributed by atoms with Gasteiger partial charge in [0, 0.05) is 28.9 Å². The molecular formula is C22H26Cl2N2O2S. The molecule has 2 amide bonds. The van der Waals surface area contributed by atoms with E-state index in [2.05, 4.69) is 5.32 Å². The molecule has 29 heavy (non-hydrogen) atoms. The zero-order chi connectivity index (χ0) is 21.2. The van der Waals surface area contributed by atoms with Crippen molar-refractivity contribution in [2.24, 2.45) is 0 Å². The summed E-state index contributed by atoms with van der Waals surface area (Å²) in [7, 11) is 0. The van der Waals surface area contributed by atoms with Crippen LogP contribution in [0.25, 0.3) is 0 Å². The molecule has 1 N–H and O–H groups in total. The van der Waals surface area contributed by atoms with Crippen LogP contribution in [0.2, 0.25) is 10.0 Å². The van der Waals surface area contributed by atoms with Gasteiger partial charge in [-0.2, -0.15) is 0 Å². The number of carbonyl (C=O) groups is 2. The van der Waals surface area contributed by atoms with Gasteiger partial charge in [0.1, 0.15) is 6.04 Å². The number of halogens is 2. The summed E-state index contributed by atoms with van der Waals surface area (Å²) in [5.41, 5.74) is 1.92. The highest BCUT2D eigenvalue weighted by atomic mass is 35.5. The van der Waals surface area contributed by atoms with E-state index in [1.54, 1.807) is 24.0 Å². The summed E-state index contributed by atoms with van der Waals surface area (Å²) in [6.45, 7) is 4.70. The molecule has 0 saturated heterocycles. The topological polar surface area (TPSA) is 49.4 Å². The van der Waals surface area contributed by atoms with Gasteiger partial charge in [0.05, 0.1) is 5.75 Å². The molecule has 0 fully saturated rings. The lowest BCUT2D eigenvalue weighted by atomic mass is 10.1. The quantitative estimate of drug-likeness (QED) is 0.540. The van der Waals surface area contributed by atoms with E-state index >= 15 is 0 Å². The van der Waals surface area contributed by atoms with Crippen LogP contribution in [0.4, 0.5) is 0 Å². The fraction of sp³-hybridized carbons (Fsp3) is 0.364. The van der Waals surface area contributed by atoms with Crippen LogP contribution in [0.5, 0.6) is 0 Å². The Morgan fingerprint density at radius 2 is 1.79 bits per heavy atom. The maximum Gasteiger partial charge on any atom is 0.242 e. The zero-order valence-electron chi connectivity index (χ0n) is 16.7. The van der Waals surface area contributed by atoms with Gasteiger partial charge in [-0.15, -0.1) is 11.8 Å². The van der Waals surface area contributed by atoms with Crippen molar-refractivity contribution in [2.75, 3.05) is 12.3 Å². The van der Waals surface area contributed by atoms with E-state index in [1.807, 2.05) is 43.3 Å². The smallest absolute Gasteiger partial charge is 0.242 e. The van der Waals surface area contributed by atoms with Crippen molar-refractivity contribution in [3.8, 4) is 0 Å². The average Bonchev–Trinajstić information content (AvgIpc) is 2.72. The van der Waals surface area contributed by atoms with E-state index in [4.69, 9.17) is 23.2 Å². The minimum Gasteiger partial charge on any atom is -0.354 e. The van der Waals surface area contributed by atoms with Crippen LogP contribution in [0.1, 0.15) is 31.4 Å². The average molecular weight is 453 g/mol. The largest absolute Gasteiger partial charge is 0.354 e. The first-order chi connectivity index (χ1) is 13.9. The highest BCUT2D eigenvalue weighted by Crippen LogP contribution is 2.22. The normalized spacial score (nSPS) is 11.7. The second-order valence-electron chi connectivity index (χ2n) is 6.70. The van der Waals surface area contributed by atoms with Crippen LogP contribution in [-0.2, 0) is 21.9 Å². The van der Waals surface area contributed by atoms with Crippen LogP contribution < -0.4 is 5.32 Å². The van der Waals surface area contributed by atoms with Crippen molar-refractivity contribution in [3.05, 3.63) is 69.7 Å². The molecule has 0 aliphatic carbocycles. The number of amides is 2. The minimum atomic E-state index is -0.564. The molecule has 2 rings (SSSR count). The van der Waals surface area contributed by atoms with Gasteiger partial charge < -0.3 is 10.2 Å². The van der Waals surface area contributed by atoms with E-state index in [-0.39, 0.29) is 17.6 Å². The Morgan fingerprint density at radius 1 is 1.10 bits per heavy atom. The Kier molecular flexibility index (Phi) is 9.85. The molecule has 0 aliphatic rings. The molecule has 0 spiro atoms. The van der Waals surface area contributed by atoms with E-state index in [0.29, 0.717) is 28.9 Å². The van der Waals surface area contributed by atoms with Gasteiger partial charge in [0.2, 0.25) is 11.8 Å². The molecular weight excluding hydrogens is 427 g/mol. The number of benzene rings is 2. The number of nitrogens with one attached hydrogen (secondary N) is 1. The van der Waals surface area contributed by atoms with Crippen LogP contribution in [0.15, 0.2) is 48.5 Å². The lowest BCUT2D eigenvalue weighted by Crippen LogP contribution is -2.48. The van der Waals surface area contributed by atoms with Crippen molar-refractivity contribution in [1.29, 1.82) is 0 Å². The summed E-state index contributed by atoms with van der Waals surface area (Å²) >= 11 is 13.6. The Balaban J connectivity index is 2.05. The molecule has 0 aliphatic heterocycles. The Bertz CT molecular complexity index is 815. The maximum atomic E-state index is 13.0. The molecule has 4 nitrogen and oxygen atoms in total. The molecule has 2 aromatic rings. The van der Waals surface area contributed by atoms with Crippen molar-refractivity contribution in [3.63, 3.8) is 0 Å². The predicted molar refractivity (Wildman–Crippen MR) is 122 cm³/mol. The molecule has 0 aromatic heterocycles. The highest BCUT2D eigenvalue weighted by Gasteiger charge is 2.25. The number of thioether (sulfide) groups is 1. The van der Waals surface area contributed by atoms with Crippen LogP contribution >= 0.6 is 35.0 Å². The molecule has 1 atom stereocenters. The molecule has 156 valence electrons. The van der Waals surface area contributed by atoms with Crippen molar-refractivity contribution < 1.29 is 9.59 Å². The van der Waals surface area contributed by atoms with Crippen molar-refractivity contribution in [2.45, 2.75) is 38.6 Å². The van der Waals surface area contributed by atoms with Gasteiger partial charge in [-0.3, -0.25) is 9.59 Å². The second-order valence-corrected chi connectivity index (χ2v) is 8.53. The van der Waals surface area contributed by atoms with Gasteiger partial charge in [-0.05, 0) is 42.7 Å². The molecule has 0 bridgehead atoms. The van der Waals surface area contributed by atoms with Gasteiger partial charge in [-0.1, -0.05) is 60.5 Å². The van der Waals surface area contributed by atoms with Crippen LogP contribution in [0, 0.1) is 0 Å². The van der Waals surface area contributed by atoms with E-state index in [9.17, 15) is 9.59 Å². The van der Waals surface area contributed by atoms with Crippen LogP contribution in [0.3, 0.4) is 0 Å². The lowest BCUT2D eigenvalue weighted by Gasteiger charge is -2.28. The monoisotopic (exact) mass is 452 g/mol. The summed E-state index contributed by atoms with van der Waals surface area (Å²) in [5, 5.41) is 4.20. The number of carbonyl (C=O) groups excluding carboxylic acids is 2. The van der Waals surface area contributed by atoms with E-state index in [1.165, 1.54) is 11.8 Å².